The zero-order valence-corrected chi connectivity index (χ0v) is 19.5. The lowest BCUT2D eigenvalue weighted by molar-refractivity contribution is -0.126. The number of fused-ring (bicyclic) bond motifs is 2. The number of H-pyrrole nitrogens is 1. The molecule has 0 fully saturated rings. The number of anilines is 1. The minimum atomic E-state index is -0.0991. The number of hydrogen-bond donors (Lipinski definition) is 2. The average molecular weight is 454 g/mol. The minimum absolute atomic E-state index is 0. The molecule has 1 unspecified atom stereocenters. The molecule has 7 nitrogen and oxygen atoms in total. The van der Waals surface area contributed by atoms with Gasteiger partial charge in [0.05, 0.1) is 12.6 Å². The first kappa shape index (κ1) is 23.5. The third-order valence-corrected chi connectivity index (χ3v) is 5.78. The van der Waals surface area contributed by atoms with Crippen molar-refractivity contribution in [1.82, 2.24) is 19.8 Å². The van der Waals surface area contributed by atoms with E-state index in [0.29, 0.717) is 18.9 Å². The normalized spacial score (nSPS) is 15.1. The number of pyridine rings is 1. The zero-order valence-electron chi connectivity index (χ0n) is 18.7. The van der Waals surface area contributed by atoms with E-state index in [9.17, 15) is 9.59 Å². The summed E-state index contributed by atoms with van der Waals surface area (Å²) < 4.78 is 0. The molecular formula is C24H28ClN5O2. The molecule has 0 saturated carbocycles. The van der Waals surface area contributed by atoms with Crippen molar-refractivity contribution in [2.24, 2.45) is 0 Å². The van der Waals surface area contributed by atoms with E-state index < -0.39 is 0 Å². The number of aryl methyl sites for hydroxylation is 1. The Kier molecular flexibility index (Phi) is 7.01. The van der Waals surface area contributed by atoms with Gasteiger partial charge in [-0.2, -0.15) is 0 Å². The molecule has 168 valence electrons. The molecular weight excluding hydrogens is 426 g/mol. The van der Waals surface area contributed by atoms with Crippen molar-refractivity contribution in [1.29, 1.82) is 0 Å². The first-order chi connectivity index (χ1) is 14.8. The van der Waals surface area contributed by atoms with E-state index in [1.54, 1.807) is 30.3 Å². The number of nitrogens with one attached hydrogen (secondary N) is 2. The standard InChI is InChI=1S/C24H27N5O2.ClH/c1-15-6-5-7-18-11-20(26-23(15)18)16(2)29(4)22(31)9-8-17-10-19-13-28(3)14-21(30)27-24(19)25-12-17;/h5-12,16,26H,13-14H2,1-4H3,(H,25,27,30);1H/b9-8+;. The van der Waals surface area contributed by atoms with Crippen LogP contribution in [0.4, 0.5) is 5.82 Å². The zero-order chi connectivity index (χ0) is 22.1. The molecule has 1 aliphatic heterocycles. The van der Waals surface area contributed by atoms with Crippen LogP contribution in [0.2, 0.25) is 0 Å². The molecule has 8 heteroatoms. The van der Waals surface area contributed by atoms with Gasteiger partial charge in [-0.25, -0.2) is 4.98 Å². The van der Waals surface area contributed by atoms with E-state index in [2.05, 4.69) is 40.4 Å². The number of amides is 2. The number of aromatic nitrogens is 2. The first-order valence-corrected chi connectivity index (χ1v) is 10.3. The van der Waals surface area contributed by atoms with Gasteiger partial charge in [0.1, 0.15) is 5.82 Å². The van der Waals surface area contributed by atoms with Gasteiger partial charge in [-0.15, -0.1) is 12.4 Å². The lowest BCUT2D eigenvalue weighted by Gasteiger charge is -2.22. The Morgan fingerprint density at radius 2 is 2.06 bits per heavy atom. The molecule has 2 N–H and O–H groups in total. The number of likely N-dealkylation sites (N-methyl/N-ethyl adjacent to an activating group) is 2. The Hall–Kier alpha value is -3.16. The monoisotopic (exact) mass is 453 g/mol. The Balaban J connectivity index is 0.00000289. The molecule has 1 aromatic carbocycles. The molecule has 2 aromatic heterocycles. The molecule has 1 atom stereocenters. The minimum Gasteiger partial charge on any atom is -0.356 e. The lowest BCUT2D eigenvalue weighted by atomic mass is 10.1. The third-order valence-electron chi connectivity index (χ3n) is 5.78. The molecule has 0 bridgehead atoms. The highest BCUT2D eigenvalue weighted by molar-refractivity contribution is 5.94. The summed E-state index contributed by atoms with van der Waals surface area (Å²) >= 11 is 0. The molecule has 2 amide bonds. The summed E-state index contributed by atoms with van der Waals surface area (Å²) in [5.41, 5.74) is 5.03. The van der Waals surface area contributed by atoms with E-state index in [-0.39, 0.29) is 30.3 Å². The van der Waals surface area contributed by atoms with Crippen LogP contribution in [0.15, 0.2) is 42.6 Å². The summed E-state index contributed by atoms with van der Waals surface area (Å²) in [6.07, 6.45) is 4.99. The van der Waals surface area contributed by atoms with E-state index in [1.807, 2.05) is 31.0 Å². The molecule has 32 heavy (non-hydrogen) atoms. The van der Waals surface area contributed by atoms with Gasteiger partial charge < -0.3 is 15.2 Å². The Labute approximate surface area is 193 Å². The summed E-state index contributed by atoms with van der Waals surface area (Å²) in [6.45, 7) is 5.03. The predicted octanol–water partition coefficient (Wildman–Crippen LogP) is 3.91. The summed E-state index contributed by atoms with van der Waals surface area (Å²) in [7, 11) is 3.69. The highest BCUT2D eigenvalue weighted by Crippen LogP contribution is 2.25. The van der Waals surface area contributed by atoms with Crippen LogP contribution in [0, 0.1) is 6.92 Å². The fourth-order valence-electron chi connectivity index (χ4n) is 3.86. The fourth-order valence-corrected chi connectivity index (χ4v) is 3.86. The van der Waals surface area contributed by atoms with Crippen LogP contribution in [0.3, 0.4) is 0 Å². The van der Waals surface area contributed by atoms with Crippen molar-refractivity contribution in [2.75, 3.05) is 26.0 Å². The van der Waals surface area contributed by atoms with Gasteiger partial charge >= 0.3 is 0 Å². The van der Waals surface area contributed by atoms with Crippen LogP contribution in [0.5, 0.6) is 0 Å². The van der Waals surface area contributed by atoms with Crippen LogP contribution < -0.4 is 5.32 Å². The van der Waals surface area contributed by atoms with Crippen molar-refractivity contribution in [3.05, 3.63) is 65.0 Å². The summed E-state index contributed by atoms with van der Waals surface area (Å²) in [5.74, 6) is 0.413. The van der Waals surface area contributed by atoms with E-state index >= 15 is 0 Å². The largest absolute Gasteiger partial charge is 0.356 e. The molecule has 0 radical (unpaired) electrons. The van der Waals surface area contributed by atoms with Crippen LogP contribution in [-0.4, -0.2) is 52.2 Å². The Morgan fingerprint density at radius 3 is 2.81 bits per heavy atom. The SMILES string of the molecule is Cc1cccc2cc(C(C)N(C)C(=O)/C=C/c3cnc4c(c3)CN(C)CC(=O)N4)[nH]c12.Cl. The number of carbonyl (C=O) groups excluding carboxylic acids is 2. The lowest BCUT2D eigenvalue weighted by Crippen LogP contribution is -2.28. The van der Waals surface area contributed by atoms with Crippen molar-refractivity contribution in [3.63, 3.8) is 0 Å². The van der Waals surface area contributed by atoms with Crippen molar-refractivity contribution < 1.29 is 9.59 Å². The maximum atomic E-state index is 12.8. The smallest absolute Gasteiger partial charge is 0.246 e. The van der Waals surface area contributed by atoms with Gasteiger partial charge in [0.2, 0.25) is 11.8 Å². The summed E-state index contributed by atoms with van der Waals surface area (Å²) in [6, 6.07) is 10.1. The second kappa shape index (κ2) is 9.54. The van der Waals surface area contributed by atoms with Gasteiger partial charge in [0.15, 0.2) is 0 Å². The van der Waals surface area contributed by atoms with Gasteiger partial charge in [0.25, 0.3) is 0 Å². The molecule has 1 aliphatic rings. The number of hydrogen-bond acceptors (Lipinski definition) is 4. The molecule has 0 spiro atoms. The number of benzene rings is 1. The number of nitrogens with zero attached hydrogens (tertiary/aromatic N) is 3. The van der Waals surface area contributed by atoms with Gasteiger partial charge in [-0.3, -0.25) is 14.5 Å². The second-order valence-corrected chi connectivity index (χ2v) is 8.22. The van der Waals surface area contributed by atoms with Gasteiger partial charge in [-0.1, -0.05) is 18.2 Å². The van der Waals surface area contributed by atoms with Crippen LogP contribution in [-0.2, 0) is 16.1 Å². The molecule has 0 aliphatic carbocycles. The number of halogens is 1. The van der Waals surface area contributed by atoms with Crippen molar-refractivity contribution in [2.45, 2.75) is 26.4 Å². The predicted molar refractivity (Wildman–Crippen MR) is 130 cm³/mol. The highest BCUT2D eigenvalue weighted by Gasteiger charge is 2.19. The van der Waals surface area contributed by atoms with Gasteiger partial charge in [-0.05, 0) is 55.6 Å². The van der Waals surface area contributed by atoms with E-state index in [4.69, 9.17) is 0 Å². The highest BCUT2D eigenvalue weighted by atomic mass is 35.5. The number of carbonyl (C=O) groups is 2. The number of rotatable bonds is 4. The maximum Gasteiger partial charge on any atom is 0.246 e. The third kappa shape index (κ3) is 4.84. The number of aromatic amines is 1. The van der Waals surface area contributed by atoms with Crippen LogP contribution >= 0.6 is 12.4 Å². The first-order valence-electron chi connectivity index (χ1n) is 10.3. The van der Waals surface area contributed by atoms with Crippen LogP contribution in [0.1, 0.15) is 35.3 Å². The maximum absolute atomic E-state index is 12.8. The topological polar surface area (TPSA) is 81.3 Å². The average Bonchev–Trinajstić information content (AvgIpc) is 3.12. The number of para-hydroxylation sites is 1. The summed E-state index contributed by atoms with van der Waals surface area (Å²) in [4.78, 5) is 36.1. The van der Waals surface area contributed by atoms with Crippen molar-refractivity contribution >= 4 is 47.0 Å². The van der Waals surface area contributed by atoms with Crippen molar-refractivity contribution in [3.8, 4) is 0 Å². The quantitative estimate of drug-likeness (QED) is 0.587. The second-order valence-electron chi connectivity index (χ2n) is 8.22. The van der Waals surface area contributed by atoms with E-state index in [0.717, 1.165) is 27.7 Å². The summed E-state index contributed by atoms with van der Waals surface area (Å²) in [5, 5.41) is 3.96. The van der Waals surface area contributed by atoms with Gasteiger partial charge in [0, 0.05) is 42.6 Å². The Bertz CT molecular complexity index is 1190. The molecule has 3 heterocycles. The fraction of sp³-hybridized carbons (Fsp3) is 0.292. The van der Waals surface area contributed by atoms with E-state index in [1.165, 1.54) is 5.56 Å². The molecule has 4 rings (SSSR count). The molecule has 3 aromatic rings. The van der Waals surface area contributed by atoms with Crippen LogP contribution in [0.25, 0.3) is 17.0 Å². The molecule has 0 saturated heterocycles. The Morgan fingerprint density at radius 1 is 1.28 bits per heavy atom.